The highest BCUT2D eigenvalue weighted by Gasteiger charge is 2.45. The Balaban J connectivity index is 1.97. The van der Waals surface area contributed by atoms with Crippen LogP contribution in [0, 0.1) is 5.82 Å². The van der Waals surface area contributed by atoms with Crippen molar-refractivity contribution in [3.05, 3.63) is 75.5 Å². The van der Waals surface area contributed by atoms with Crippen molar-refractivity contribution in [2.75, 3.05) is 6.54 Å². The molecule has 1 aliphatic heterocycles. The topological polar surface area (TPSA) is 94.9 Å². The van der Waals surface area contributed by atoms with Crippen molar-refractivity contribution in [1.29, 1.82) is 0 Å². The number of aliphatic carboxylic acids is 1. The maximum Gasteiger partial charge on any atom is 0.303 e. The first-order valence-corrected chi connectivity index (χ1v) is 10.6. The number of Topliss-reactive ketones (excluding diaryl/α,β-unsaturated/α-hetero) is 1. The molecule has 0 bridgehead atoms. The van der Waals surface area contributed by atoms with Crippen LogP contribution in [0.1, 0.15) is 42.9 Å². The van der Waals surface area contributed by atoms with Crippen LogP contribution in [-0.2, 0) is 14.4 Å². The minimum Gasteiger partial charge on any atom is -0.507 e. The molecule has 0 aliphatic carbocycles. The van der Waals surface area contributed by atoms with Crippen molar-refractivity contribution in [2.24, 2.45) is 0 Å². The van der Waals surface area contributed by atoms with Gasteiger partial charge in [-0.25, -0.2) is 4.39 Å². The zero-order valence-corrected chi connectivity index (χ0v) is 18.1. The number of aliphatic hydroxyl groups excluding tert-OH is 1. The highest BCUT2D eigenvalue weighted by atomic mass is 79.9. The van der Waals surface area contributed by atoms with E-state index in [1.54, 1.807) is 30.3 Å². The third-order valence-electron chi connectivity index (χ3n) is 5.11. The van der Waals surface area contributed by atoms with E-state index in [0.29, 0.717) is 30.4 Å². The summed E-state index contributed by atoms with van der Waals surface area (Å²) in [5.41, 5.74) is 0.649. The predicted octanol–water partition coefficient (Wildman–Crippen LogP) is 4.65. The highest BCUT2D eigenvalue weighted by molar-refractivity contribution is 9.10. The van der Waals surface area contributed by atoms with Gasteiger partial charge in [-0.3, -0.25) is 14.4 Å². The van der Waals surface area contributed by atoms with Crippen LogP contribution in [0.15, 0.2) is 58.6 Å². The molecule has 3 rings (SSSR count). The molecule has 1 saturated heterocycles. The SMILES string of the molecule is O=C(O)CCCCCN1C(=O)C(=O)/C(=C(/O)c2ccc(Br)cc2)C1c1cccc(F)c1. The zero-order valence-electron chi connectivity index (χ0n) is 16.6. The Bertz CT molecular complexity index is 1030. The molecule has 8 heteroatoms. The number of carbonyl (C=O) groups excluding carboxylic acids is 2. The number of carbonyl (C=O) groups is 3. The lowest BCUT2D eigenvalue weighted by molar-refractivity contribution is -0.140. The molecular formula is C23H21BrFNO5. The minimum atomic E-state index is -0.932. The van der Waals surface area contributed by atoms with Gasteiger partial charge in [0.1, 0.15) is 11.6 Å². The van der Waals surface area contributed by atoms with E-state index < -0.39 is 29.5 Å². The fourth-order valence-corrected chi connectivity index (χ4v) is 3.90. The fourth-order valence-electron chi connectivity index (χ4n) is 3.63. The molecule has 0 aromatic heterocycles. The molecule has 31 heavy (non-hydrogen) atoms. The second kappa shape index (κ2) is 9.87. The molecule has 2 aromatic carbocycles. The monoisotopic (exact) mass is 489 g/mol. The summed E-state index contributed by atoms with van der Waals surface area (Å²) in [6, 6.07) is 11.3. The fraction of sp³-hybridized carbons (Fsp3) is 0.261. The second-order valence-electron chi connectivity index (χ2n) is 7.26. The van der Waals surface area contributed by atoms with Gasteiger partial charge in [0, 0.05) is 23.0 Å². The third-order valence-corrected chi connectivity index (χ3v) is 5.64. The number of hydrogen-bond donors (Lipinski definition) is 2. The Morgan fingerprint density at radius 1 is 1.03 bits per heavy atom. The van der Waals surface area contributed by atoms with E-state index in [-0.39, 0.29) is 24.3 Å². The van der Waals surface area contributed by atoms with Gasteiger partial charge in [-0.2, -0.15) is 0 Å². The lowest BCUT2D eigenvalue weighted by Crippen LogP contribution is -2.30. The normalized spacial score (nSPS) is 17.9. The van der Waals surface area contributed by atoms with Crippen molar-refractivity contribution < 1.29 is 29.0 Å². The molecule has 1 amide bonds. The van der Waals surface area contributed by atoms with Crippen LogP contribution in [-0.4, -0.2) is 39.3 Å². The molecule has 1 atom stereocenters. The number of halogens is 2. The van der Waals surface area contributed by atoms with E-state index in [9.17, 15) is 23.9 Å². The number of rotatable bonds is 8. The number of likely N-dealkylation sites (tertiary alicyclic amines) is 1. The smallest absolute Gasteiger partial charge is 0.303 e. The molecule has 2 N–H and O–H groups in total. The summed E-state index contributed by atoms with van der Waals surface area (Å²) in [6.45, 7) is 0.183. The van der Waals surface area contributed by atoms with Gasteiger partial charge in [0.15, 0.2) is 0 Å². The Hall–Kier alpha value is -3.00. The summed E-state index contributed by atoms with van der Waals surface area (Å²) in [7, 11) is 0. The first-order chi connectivity index (χ1) is 14.8. The number of carboxylic acid groups (broad SMARTS) is 1. The molecule has 1 heterocycles. The lowest BCUT2D eigenvalue weighted by atomic mass is 9.95. The number of carboxylic acids is 1. The molecular weight excluding hydrogens is 469 g/mol. The van der Waals surface area contributed by atoms with Gasteiger partial charge >= 0.3 is 5.97 Å². The highest BCUT2D eigenvalue weighted by Crippen LogP contribution is 2.39. The maximum atomic E-state index is 13.9. The van der Waals surface area contributed by atoms with Crippen molar-refractivity contribution in [3.63, 3.8) is 0 Å². The molecule has 1 fully saturated rings. The van der Waals surface area contributed by atoms with Gasteiger partial charge in [0.2, 0.25) is 0 Å². The average Bonchev–Trinajstić information content (AvgIpc) is 2.98. The molecule has 1 aliphatic rings. The summed E-state index contributed by atoms with van der Waals surface area (Å²) < 4.78 is 14.7. The van der Waals surface area contributed by atoms with E-state index in [1.807, 2.05) is 0 Å². The van der Waals surface area contributed by atoms with E-state index in [1.165, 1.54) is 23.1 Å². The van der Waals surface area contributed by atoms with Crippen molar-refractivity contribution in [3.8, 4) is 0 Å². The van der Waals surface area contributed by atoms with Crippen molar-refractivity contribution >= 4 is 39.3 Å². The van der Waals surface area contributed by atoms with Crippen molar-refractivity contribution in [2.45, 2.75) is 31.7 Å². The van der Waals surface area contributed by atoms with Gasteiger partial charge in [-0.15, -0.1) is 0 Å². The number of ketones is 1. The standard InChI is InChI=1S/C23H21BrFNO5/c24-16-10-8-14(9-11-16)21(29)19-20(15-5-4-6-17(25)13-15)26(23(31)22(19)30)12-3-1-2-7-18(27)28/h4-6,8-11,13,20,29H,1-3,7,12H2,(H,27,28)/b21-19+. The van der Waals surface area contributed by atoms with E-state index in [0.717, 1.165) is 4.47 Å². The number of unbranched alkanes of at least 4 members (excludes halogenated alkanes) is 2. The summed E-state index contributed by atoms with van der Waals surface area (Å²) in [5, 5.41) is 19.7. The van der Waals surface area contributed by atoms with Crippen LogP contribution in [0.4, 0.5) is 4.39 Å². The summed E-state index contributed by atoms with van der Waals surface area (Å²) in [6.07, 6.45) is 1.50. The number of nitrogens with zero attached hydrogens (tertiary/aromatic N) is 1. The minimum absolute atomic E-state index is 0.0235. The molecule has 6 nitrogen and oxygen atoms in total. The van der Waals surface area contributed by atoms with Crippen LogP contribution >= 0.6 is 15.9 Å². The number of amides is 1. The maximum absolute atomic E-state index is 13.9. The molecule has 1 unspecified atom stereocenters. The van der Waals surface area contributed by atoms with Crippen LogP contribution in [0.3, 0.4) is 0 Å². The molecule has 0 radical (unpaired) electrons. The molecule has 0 spiro atoms. The van der Waals surface area contributed by atoms with Gasteiger partial charge < -0.3 is 15.1 Å². The Morgan fingerprint density at radius 2 is 1.74 bits per heavy atom. The van der Waals surface area contributed by atoms with Crippen molar-refractivity contribution in [1.82, 2.24) is 4.90 Å². The lowest BCUT2D eigenvalue weighted by Gasteiger charge is -2.25. The number of hydrogen-bond acceptors (Lipinski definition) is 4. The number of aliphatic hydroxyl groups is 1. The van der Waals surface area contributed by atoms with Crippen LogP contribution in [0.25, 0.3) is 5.76 Å². The zero-order chi connectivity index (χ0) is 22.5. The van der Waals surface area contributed by atoms with Gasteiger partial charge in [-0.1, -0.05) is 46.6 Å². The van der Waals surface area contributed by atoms with Gasteiger partial charge in [-0.05, 0) is 42.7 Å². The first kappa shape index (κ1) is 22.7. The summed E-state index contributed by atoms with van der Waals surface area (Å²) in [5.74, 6) is -3.34. The van der Waals surface area contributed by atoms with Crippen LogP contribution < -0.4 is 0 Å². The van der Waals surface area contributed by atoms with E-state index >= 15 is 0 Å². The third kappa shape index (κ3) is 5.19. The van der Waals surface area contributed by atoms with E-state index in [2.05, 4.69) is 15.9 Å². The predicted molar refractivity (Wildman–Crippen MR) is 116 cm³/mol. The second-order valence-corrected chi connectivity index (χ2v) is 8.17. The Morgan fingerprint density at radius 3 is 2.39 bits per heavy atom. The first-order valence-electron chi connectivity index (χ1n) is 9.81. The van der Waals surface area contributed by atoms with Gasteiger partial charge in [0.25, 0.3) is 11.7 Å². The number of benzene rings is 2. The largest absolute Gasteiger partial charge is 0.507 e. The van der Waals surface area contributed by atoms with Crippen LogP contribution in [0.2, 0.25) is 0 Å². The summed E-state index contributed by atoms with van der Waals surface area (Å²) >= 11 is 3.31. The average molecular weight is 490 g/mol. The van der Waals surface area contributed by atoms with Crippen LogP contribution in [0.5, 0.6) is 0 Å². The van der Waals surface area contributed by atoms with E-state index in [4.69, 9.17) is 5.11 Å². The Kier molecular flexibility index (Phi) is 7.22. The summed E-state index contributed by atoms with van der Waals surface area (Å²) in [4.78, 5) is 37.6. The molecule has 0 saturated carbocycles. The Labute approximate surface area is 187 Å². The molecule has 162 valence electrons. The quantitative estimate of drug-likeness (QED) is 0.243. The van der Waals surface area contributed by atoms with Gasteiger partial charge in [0.05, 0.1) is 11.6 Å². The molecule has 2 aromatic rings.